The molecule has 0 unspecified atom stereocenters. The Morgan fingerprint density at radius 1 is 1.00 bits per heavy atom. The SMILES string of the molecule is CN(C)CCNC(=O)c1ccccc1Nc1ccnc(Nc2ccc(N3CCOCC3)cc2)c1. The summed E-state index contributed by atoms with van der Waals surface area (Å²) in [5, 5.41) is 9.69. The molecule has 1 saturated heterocycles. The third-order valence-corrected chi connectivity index (χ3v) is 5.57. The number of carbonyl (C=O) groups excluding carboxylic acids is 1. The van der Waals surface area contributed by atoms with E-state index in [1.54, 1.807) is 6.20 Å². The normalized spacial score (nSPS) is 13.6. The maximum atomic E-state index is 12.7. The number of ether oxygens (including phenoxy) is 1. The van der Waals surface area contributed by atoms with Crippen molar-refractivity contribution in [3.05, 3.63) is 72.4 Å². The summed E-state index contributed by atoms with van der Waals surface area (Å²) >= 11 is 0. The Labute approximate surface area is 200 Å². The maximum Gasteiger partial charge on any atom is 0.253 e. The number of para-hydroxylation sites is 1. The molecule has 1 aliphatic rings. The number of likely N-dealkylation sites (N-methyl/N-ethyl adjacent to an activating group) is 1. The fraction of sp³-hybridized carbons (Fsp3) is 0.308. The predicted molar refractivity (Wildman–Crippen MR) is 138 cm³/mol. The number of nitrogens with zero attached hydrogens (tertiary/aromatic N) is 3. The summed E-state index contributed by atoms with van der Waals surface area (Å²) in [6.45, 7) is 4.74. The van der Waals surface area contributed by atoms with Gasteiger partial charge in [-0.25, -0.2) is 4.98 Å². The number of anilines is 5. The molecule has 0 bridgehead atoms. The van der Waals surface area contributed by atoms with Crippen molar-refractivity contribution in [2.75, 3.05) is 69.0 Å². The zero-order chi connectivity index (χ0) is 23.8. The van der Waals surface area contributed by atoms with E-state index in [0.717, 1.165) is 55.7 Å². The number of hydrogen-bond donors (Lipinski definition) is 3. The van der Waals surface area contributed by atoms with Crippen LogP contribution < -0.4 is 20.9 Å². The van der Waals surface area contributed by atoms with Crippen LogP contribution >= 0.6 is 0 Å². The highest BCUT2D eigenvalue weighted by Crippen LogP contribution is 2.25. The molecular weight excluding hydrogens is 428 g/mol. The Morgan fingerprint density at radius 3 is 2.53 bits per heavy atom. The number of aromatic nitrogens is 1. The molecule has 0 spiro atoms. The molecule has 2 heterocycles. The Hall–Kier alpha value is -3.62. The van der Waals surface area contributed by atoms with Crippen LogP contribution in [0.3, 0.4) is 0 Å². The molecule has 3 N–H and O–H groups in total. The van der Waals surface area contributed by atoms with E-state index in [4.69, 9.17) is 4.74 Å². The molecule has 3 aromatic rings. The van der Waals surface area contributed by atoms with Crippen molar-refractivity contribution < 1.29 is 9.53 Å². The summed E-state index contributed by atoms with van der Waals surface area (Å²) in [6.07, 6.45) is 1.74. The molecule has 0 saturated carbocycles. The third-order valence-electron chi connectivity index (χ3n) is 5.57. The Kier molecular flexibility index (Phi) is 7.95. The van der Waals surface area contributed by atoms with Crippen molar-refractivity contribution in [3.63, 3.8) is 0 Å². The van der Waals surface area contributed by atoms with Gasteiger partial charge in [-0.2, -0.15) is 0 Å². The molecule has 178 valence electrons. The smallest absolute Gasteiger partial charge is 0.253 e. The van der Waals surface area contributed by atoms with Crippen molar-refractivity contribution >= 4 is 34.5 Å². The second-order valence-electron chi connectivity index (χ2n) is 8.43. The van der Waals surface area contributed by atoms with Crippen LogP contribution in [-0.2, 0) is 4.74 Å². The molecule has 8 nitrogen and oxygen atoms in total. The first-order chi connectivity index (χ1) is 16.6. The van der Waals surface area contributed by atoms with Gasteiger partial charge < -0.3 is 30.5 Å². The Morgan fingerprint density at radius 2 is 1.76 bits per heavy atom. The van der Waals surface area contributed by atoms with E-state index in [9.17, 15) is 4.79 Å². The van der Waals surface area contributed by atoms with Gasteiger partial charge in [-0.3, -0.25) is 4.79 Å². The molecule has 0 aliphatic carbocycles. The first kappa shape index (κ1) is 23.5. The average molecular weight is 461 g/mol. The molecular formula is C26H32N6O2. The molecule has 1 aliphatic heterocycles. The van der Waals surface area contributed by atoms with Gasteiger partial charge in [-0.05, 0) is 56.6 Å². The molecule has 4 rings (SSSR count). The van der Waals surface area contributed by atoms with Gasteiger partial charge in [-0.15, -0.1) is 0 Å². The van der Waals surface area contributed by atoms with E-state index >= 15 is 0 Å². The highest BCUT2D eigenvalue weighted by atomic mass is 16.5. The largest absolute Gasteiger partial charge is 0.378 e. The second kappa shape index (κ2) is 11.5. The van der Waals surface area contributed by atoms with Crippen LogP contribution in [0.4, 0.5) is 28.6 Å². The van der Waals surface area contributed by atoms with Crippen LogP contribution in [0.1, 0.15) is 10.4 Å². The second-order valence-corrected chi connectivity index (χ2v) is 8.43. The van der Waals surface area contributed by atoms with Gasteiger partial charge in [0.25, 0.3) is 5.91 Å². The van der Waals surface area contributed by atoms with E-state index in [2.05, 4.69) is 50.1 Å². The first-order valence-electron chi connectivity index (χ1n) is 11.5. The highest BCUT2D eigenvalue weighted by molar-refractivity contribution is 6.00. The first-order valence-corrected chi connectivity index (χ1v) is 11.5. The minimum atomic E-state index is -0.0993. The molecule has 0 atom stereocenters. The van der Waals surface area contributed by atoms with Gasteiger partial charge in [0.2, 0.25) is 0 Å². The molecule has 1 fully saturated rings. The lowest BCUT2D eigenvalue weighted by atomic mass is 10.1. The molecule has 34 heavy (non-hydrogen) atoms. The molecule has 1 amide bonds. The predicted octanol–water partition coefficient (Wildman–Crippen LogP) is 3.70. The van der Waals surface area contributed by atoms with Gasteiger partial charge in [0.1, 0.15) is 5.82 Å². The third kappa shape index (κ3) is 6.46. The number of rotatable bonds is 9. The summed E-state index contributed by atoms with van der Waals surface area (Å²) in [4.78, 5) is 21.5. The standard InChI is InChI=1S/C26H32N6O2/c1-31(2)14-13-28-26(33)23-5-3-4-6-24(23)29-21-11-12-27-25(19-21)30-20-7-9-22(10-8-20)32-15-17-34-18-16-32/h3-12,19H,13-18H2,1-2H3,(H,28,33)(H2,27,29,30). The zero-order valence-electron chi connectivity index (χ0n) is 19.8. The molecule has 2 aromatic carbocycles. The van der Waals surface area contributed by atoms with Gasteiger partial charge in [0.05, 0.1) is 24.5 Å². The van der Waals surface area contributed by atoms with Crippen LogP contribution in [0.15, 0.2) is 66.9 Å². The van der Waals surface area contributed by atoms with E-state index < -0.39 is 0 Å². The van der Waals surface area contributed by atoms with Gasteiger partial charge in [0, 0.05) is 55.5 Å². The maximum absolute atomic E-state index is 12.7. The van der Waals surface area contributed by atoms with E-state index in [0.29, 0.717) is 12.1 Å². The number of nitrogens with one attached hydrogen (secondary N) is 3. The van der Waals surface area contributed by atoms with Crippen LogP contribution in [0.5, 0.6) is 0 Å². The molecule has 0 radical (unpaired) electrons. The van der Waals surface area contributed by atoms with Crippen LogP contribution in [0.25, 0.3) is 0 Å². The van der Waals surface area contributed by atoms with Crippen LogP contribution in [0, 0.1) is 0 Å². The summed E-state index contributed by atoms with van der Waals surface area (Å²) < 4.78 is 5.43. The monoisotopic (exact) mass is 460 g/mol. The Bertz CT molecular complexity index is 1080. The number of morpholine rings is 1. The van der Waals surface area contributed by atoms with Crippen molar-refractivity contribution in [1.82, 2.24) is 15.2 Å². The van der Waals surface area contributed by atoms with Crippen molar-refractivity contribution in [2.45, 2.75) is 0 Å². The lowest BCUT2D eigenvalue weighted by Gasteiger charge is -2.28. The number of hydrogen-bond acceptors (Lipinski definition) is 7. The van der Waals surface area contributed by atoms with Gasteiger partial charge in [-0.1, -0.05) is 12.1 Å². The molecule has 8 heteroatoms. The fourth-order valence-electron chi connectivity index (χ4n) is 3.74. The minimum absolute atomic E-state index is 0.0993. The van der Waals surface area contributed by atoms with Gasteiger partial charge in [0.15, 0.2) is 0 Å². The van der Waals surface area contributed by atoms with Crippen LogP contribution in [0.2, 0.25) is 0 Å². The number of benzene rings is 2. The Balaban J connectivity index is 1.41. The lowest BCUT2D eigenvalue weighted by molar-refractivity contribution is 0.0952. The molecule has 1 aromatic heterocycles. The lowest BCUT2D eigenvalue weighted by Crippen LogP contribution is -2.36. The summed E-state index contributed by atoms with van der Waals surface area (Å²) in [7, 11) is 3.96. The summed E-state index contributed by atoms with van der Waals surface area (Å²) in [5.74, 6) is 0.620. The number of carbonyl (C=O) groups is 1. The van der Waals surface area contributed by atoms with Gasteiger partial charge >= 0.3 is 0 Å². The summed E-state index contributed by atoms with van der Waals surface area (Å²) in [6, 6.07) is 19.6. The number of pyridine rings is 1. The fourth-order valence-corrected chi connectivity index (χ4v) is 3.74. The quantitative estimate of drug-likeness (QED) is 0.449. The van der Waals surface area contributed by atoms with E-state index in [1.807, 2.05) is 55.4 Å². The van der Waals surface area contributed by atoms with Crippen molar-refractivity contribution in [1.29, 1.82) is 0 Å². The zero-order valence-corrected chi connectivity index (χ0v) is 19.8. The number of amides is 1. The topological polar surface area (TPSA) is 81.8 Å². The minimum Gasteiger partial charge on any atom is -0.378 e. The summed E-state index contributed by atoms with van der Waals surface area (Å²) in [5.41, 5.74) is 4.35. The average Bonchev–Trinajstić information content (AvgIpc) is 2.85. The highest BCUT2D eigenvalue weighted by Gasteiger charge is 2.12. The van der Waals surface area contributed by atoms with E-state index in [1.165, 1.54) is 5.69 Å². The van der Waals surface area contributed by atoms with E-state index in [-0.39, 0.29) is 5.91 Å². The van der Waals surface area contributed by atoms with Crippen molar-refractivity contribution in [3.8, 4) is 0 Å². The van der Waals surface area contributed by atoms with Crippen LogP contribution in [-0.4, -0.2) is 69.3 Å². The van der Waals surface area contributed by atoms with Crippen molar-refractivity contribution in [2.24, 2.45) is 0 Å².